The molecule has 2 fully saturated rings. The molecule has 1 aliphatic heterocycles. The second-order valence-corrected chi connectivity index (χ2v) is 11.6. The first-order valence-corrected chi connectivity index (χ1v) is 15.1. The molecule has 3 amide bonds. The normalized spacial score (nSPS) is 17.9. The van der Waals surface area contributed by atoms with Crippen molar-refractivity contribution in [2.45, 2.75) is 50.9 Å². The first-order valence-electron chi connectivity index (χ1n) is 15.1. The number of nitrogens with zero attached hydrogens (tertiary/aromatic N) is 3. The van der Waals surface area contributed by atoms with Crippen LogP contribution in [0.2, 0.25) is 0 Å². The van der Waals surface area contributed by atoms with Gasteiger partial charge in [-0.05, 0) is 74.6 Å². The van der Waals surface area contributed by atoms with Crippen LogP contribution in [0.25, 0.3) is 11.5 Å². The Balaban J connectivity index is 1.46. The maximum atomic E-state index is 14.2. The summed E-state index contributed by atoms with van der Waals surface area (Å²) in [6.45, 7) is -1.28. The van der Waals surface area contributed by atoms with Crippen LogP contribution in [-0.2, 0) is 9.53 Å². The minimum atomic E-state index is -3.08. The van der Waals surface area contributed by atoms with Crippen molar-refractivity contribution >= 4 is 29.6 Å². The predicted octanol–water partition coefficient (Wildman–Crippen LogP) is 4.05. The van der Waals surface area contributed by atoms with Crippen molar-refractivity contribution in [3.63, 3.8) is 0 Å². The minimum absolute atomic E-state index is 0.0107. The fraction of sp³-hybridized carbons (Fsp3) is 0.406. The van der Waals surface area contributed by atoms with Gasteiger partial charge in [0.15, 0.2) is 23.0 Å². The molecule has 0 unspecified atom stereocenters. The van der Waals surface area contributed by atoms with E-state index < -0.39 is 48.6 Å². The average molecular weight is 672 g/mol. The smallest absolute Gasteiger partial charge is 0.407 e. The molecule has 1 saturated carbocycles. The number of aromatic carboxylic acids is 1. The molecule has 0 spiro atoms. The fourth-order valence-corrected chi connectivity index (χ4v) is 5.30. The van der Waals surface area contributed by atoms with Gasteiger partial charge in [-0.1, -0.05) is 0 Å². The van der Waals surface area contributed by atoms with Gasteiger partial charge in [0, 0.05) is 24.8 Å². The Labute approximate surface area is 273 Å². The standard InChI is InChI=1S/C32H35F2N5O9/c1-16(35)26-25(37-27(48-26)19-8-11-23(47-31(33)34)24(12-19)46-15-17-4-5-17)29(41)39-14-20(36-32(44)45-3)13-22(39)28(40)38(2)21-9-6-18(7-10-21)30(42)43/h6-12,16-17,20,22,31H,4-5,13-15,35H2,1-3H3,(H,36,44)(H,42,43)/t16-,20+,22-/m0/s1. The van der Waals surface area contributed by atoms with E-state index in [1.165, 1.54) is 66.4 Å². The lowest BCUT2D eigenvalue weighted by Crippen LogP contribution is -2.47. The van der Waals surface area contributed by atoms with Crippen molar-refractivity contribution in [1.29, 1.82) is 0 Å². The molecule has 4 N–H and O–H groups in total. The number of carboxylic acids is 1. The van der Waals surface area contributed by atoms with Crippen LogP contribution < -0.4 is 25.4 Å². The number of anilines is 1. The third kappa shape index (κ3) is 7.65. The summed E-state index contributed by atoms with van der Waals surface area (Å²) >= 11 is 0. The molecule has 48 heavy (non-hydrogen) atoms. The summed E-state index contributed by atoms with van der Waals surface area (Å²) in [6.07, 6.45) is 1.22. The number of alkyl halides is 2. The van der Waals surface area contributed by atoms with E-state index in [-0.39, 0.29) is 47.4 Å². The summed E-state index contributed by atoms with van der Waals surface area (Å²) in [5.74, 6) is -2.19. The Morgan fingerprint density at radius 2 is 1.85 bits per heavy atom. The number of amides is 3. The van der Waals surface area contributed by atoms with Crippen LogP contribution in [0.3, 0.4) is 0 Å². The Bertz CT molecular complexity index is 1680. The molecule has 1 aromatic heterocycles. The van der Waals surface area contributed by atoms with Crippen molar-refractivity contribution in [3.05, 3.63) is 59.5 Å². The highest BCUT2D eigenvalue weighted by Crippen LogP contribution is 2.37. The summed E-state index contributed by atoms with van der Waals surface area (Å²) in [5, 5.41) is 11.9. The molecule has 1 aliphatic carbocycles. The van der Waals surface area contributed by atoms with Gasteiger partial charge in [-0.15, -0.1) is 0 Å². The first-order chi connectivity index (χ1) is 22.9. The number of likely N-dealkylation sites (tertiary alicyclic amines) is 1. The van der Waals surface area contributed by atoms with E-state index in [4.69, 9.17) is 19.6 Å². The zero-order chi connectivity index (χ0) is 34.7. The number of likely N-dealkylation sites (N-methyl/N-ethyl adjacent to an activating group) is 1. The highest BCUT2D eigenvalue weighted by atomic mass is 19.3. The molecule has 2 aromatic carbocycles. The monoisotopic (exact) mass is 671 g/mol. The third-order valence-corrected chi connectivity index (χ3v) is 8.03. The first kappa shape index (κ1) is 34.1. The Morgan fingerprint density at radius 1 is 1.15 bits per heavy atom. The Hall–Kier alpha value is -5.25. The topological polar surface area (TPSA) is 187 Å². The SMILES string of the molecule is COC(=O)N[C@@H]1C[C@@H](C(=O)N(C)c2ccc(C(=O)O)cc2)N(C(=O)c2nc(-c3ccc(OC(F)F)c(OCC4CC4)c3)oc2[C@H](C)N)C1. The molecule has 2 aliphatic rings. The molecule has 0 bridgehead atoms. The van der Waals surface area contributed by atoms with Gasteiger partial charge in [0.2, 0.25) is 11.8 Å². The van der Waals surface area contributed by atoms with Crippen LogP contribution in [0, 0.1) is 5.92 Å². The fourth-order valence-electron chi connectivity index (χ4n) is 5.30. The molecule has 14 nitrogen and oxygen atoms in total. The van der Waals surface area contributed by atoms with Crippen molar-refractivity contribution in [2.75, 3.05) is 32.2 Å². The molecule has 1 saturated heterocycles. The second-order valence-electron chi connectivity index (χ2n) is 11.6. The largest absolute Gasteiger partial charge is 0.489 e. The number of alkyl carbamates (subject to hydrolysis) is 1. The summed E-state index contributed by atoms with van der Waals surface area (Å²) in [6, 6.07) is 7.18. The van der Waals surface area contributed by atoms with E-state index in [9.17, 15) is 33.1 Å². The zero-order valence-electron chi connectivity index (χ0n) is 26.4. The number of benzene rings is 2. The Morgan fingerprint density at radius 3 is 2.46 bits per heavy atom. The van der Waals surface area contributed by atoms with E-state index in [1.54, 1.807) is 6.92 Å². The number of nitrogens with one attached hydrogen (secondary N) is 1. The molecule has 5 rings (SSSR count). The van der Waals surface area contributed by atoms with Gasteiger partial charge in [-0.2, -0.15) is 8.78 Å². The number of hydrogen-bond donors (Lipinski definition) is 3. The van der Waals surface area contributed by atoms with Crippen LogP contribution in [0.15, 0.2) is 46.9 Å². The number of rotatable bonds is 12. The zero-order valence-corrected chi connectivity index (χ0v) is 26.4. The maximum absolute atomic E-state index is 14.2. The second kappa shape index (κ2) is 14.3. The molecule has 3 aromatic rings. The molecular formula is C32H35F2N5O9. The van der Waals surface area contributed by atoms with Crippen LogP contribution in [0.1, 0.15) is 58.8 Å². The summed E-state index contributed by atoms with van der Waals surface area (Å²) < 4.78 is 47.2. The molecule has 256 valence electrons. The number of halogens is 2. The number of carbonyl (C=O) groups excluding carboxylic acids is 3. The van der Waals surface area contributed by atoms with Crippen LogP contribution in [0.5, 0.6) is 11.5 Å². The molecule has 16 heteroatoms. The summed E-state index contributed by atoms with van der Waals surface area (Å²) in [7, 11) is 2.67. The van der Waals surface area contributed by atoms with E-state index in [0.29, 0.717) is 23.8 Å². The van der Waals surface area contributed by atoms with Crippen LogP contribution >= 0.6 is 0 Å². The van der Waals surface area contributed by atoms with E-state index in [1.807, 2.05) is 0 Å². The molecule has 2 heterocycles. The summed E-state index contributed by atoms with van der Waals surface area (Å²) in [4.78, 5) is 58.3. The van der Waals surface area contributed by atoms with Crippen molar-refractivity contribution in [2.24, 2.45) is 11.7 Å². The van der Waals surface area contributed by atoms with Crippen LogP contribution in [-0.4, -0.2) is 84.9 Å². The number of carbonyl (C=O) groups is 4. The molecule has 3 atom stereocenters. The number of nitrogens with two attached hydrogens (primary N) is 1. The van der Waals surface area contributed by atoms with E-state index >= 15 is 0 Å². The highest BCUT2D eigenvalue weighted by molar-refractivity contribution is 6.03. The minimum Gasteiger partial charge on any atom is -0.489 e. The van der Waals surface area contributed by atoms with Crippen molar-refractivity contribution in [1.82, 2.24) is 15.2 Å². The molecule has 0 radical (unpaired) electrons. The number of ether oxygens (including phenoxy) is 3. The van der Waals surface area contributed by atoms with Crippen molar-refractivity contribution < 1.29 is 51.7 Å². The Kier molecular flexibility index (Phi) is 10.1. The number of hydrogen-bond acceptors (Lipinski definition) is 10. The number of carboxylic acid groups (broad SMARTS) is 1. The van der Waals surface area contributed by atoms with Gasteiger partial charge in [0.1, 0.15) is 6.04 Å². The quantitative estimate of drug-likeness (QED) is 0.252. The number of oxazole rings is 1. The predicted molar refractivity (Wildman–Crippen MR) is 165 cm³/mol. The average Bonchev–Trinajstić information content (AvgIpc) is 3.62. The van der Waals surface area contributed by atoms with Gasteiger partial charge in [-0.25, -0.2) is 14.6 Å². The lowest BCUT2D eigenvalue weighted by Gasteiger charge is -2.27. The van der Waals surface area contributed by atoms with Gasteiger partial charge in [0.05, 0.1) is 31.4 Å². The van der Waals surface area contributed by atoms with Crippen LogP contribution in [0.4, 0.5) is 19.3 Å². The van der Waals surface area contributed by atoms with Gasteiger partial charge in [0.25, 0.3) is 5.91 Å². The van der Waals surface area contributed by atoms with Crippen molar-refractivity contribution in [3.8, 4) is 23.0 Å². The van der Waals surface area contributed by atoms with E-state index in [0.717, 1.165) is 12.8 Å². The molecular weight excluding hydrogens is 636 g/mol. The van der Waals surface area contributed by atoms with Gasteiger partial charge in [-0.3, -0.25) is 9.59 Å². The maximum Gasteiger partial charge on any atom is 0.407 e. The van der Waals surface area contributed by atoms with Gasteiger partial charge < -0.3 is 44.6 Å². The van der Waals surface area contributed by atoms with E-state index in [2.05, 4.69) is 15.0 Å². The number of methoxy groups -OCH3 is 1. The lowest BCUT2D eigenvalue weighted by atomic mass is 10.1. The summed E-state index contributed by atoms with van der Waals surface area (Å²) in [5.41, 5.74) is 6.70. The highest BCUT2D eigenvalue weighted by Gasteiger charge is 2.44. The lowest BCUT2D eigenvalue weighted by molar-refractivity contribution is -0.122. The number of aromatic nitrogens is 1. The third-order valence-electron chi connectivity index (χ3n) is 8.03. The van der Waals surface area contributed by atoms with Gasteiger partial charge >= 0.3 is 18.7 Å².